The van der Waals surface area contributed by atoms with Crippen LogP contribution in [0.2, 0.25) is 0 Å². The maximum absolute atomic E-state index is 10.2. The summed E-state index contributed by atoms with van der Waals surface area (Å²) in [6.45, 7) is 7.43. The van der Waals surface area contributed by atoms with Crippen LogP contribution >= 0.6 is 0 Å². The summed E-state index contributed by atoms with van der Waals surface area (Å²) in [5.74, 6) is 0.406. The molecule has 0 amide bonds. The van der Waals surface area contributed by atoms with Crippen molar-refractivity contribution in [3.63, 3.8) is 0 Å². The third kappa shape index (κ3) is 1.64. The number of rotatable bonds is 1. The van der Waals surface area contributed by atoms with Gasteiger partial charge >= 0.3 is 0 Å². The van der Waals surface area contributed by atoms with Crippen LogP contribution in [-0.2, 0) is 0 Å². The van der Waals surface area contributed by atoms with E-state index in [0.29, 0.717) is 12.0 Å². The van der Waals surface area contributed by atoms with Crippen LogP contribution in [0, 0.1) is 5.92 Å². The average Bonchev–Trinajstić information content (AvgIpc) is 2.01. The molecule has 1 rings (SSSR count). The van der Waals surface area contributed by atoms with Gasteiger partial charge in [0.25, 0.3) is 0 Å². The molecule has 1 aliphatic rings. The van der Waals surface area contributed by atoms with Gasteiger partial charge in [-0.1, -0.05) is 13.8 Å². The SMILES string of the molecule is CC[C@@]1(O)C[C@@H](C)N(C)C[C@@H]1C. The van der Waals surface area contributed by atoms with Crippen LogP contribution in [0.1, 0.15) is 33.6 Å². The van der Waals surface area contributed by atoms with Crippen molar-refractivity contribution in [2.45, 2.75) is 45.3 Å². The molecule has 0 aromatic heterocycles. The van der Waals surface area contributed by atoms with Crippen LogP contribution < -0.4 is 0 Å². The predicted molar refractivity (Wildman–Crippen MR) is 51.1 cm³/mol. The smallest absolute Gasteiger partial charge is 0.0697 e. The van der Waals surface area contributed by atoms with Crippen molar-refractivity contribution in [3.8, 4) is 0 Å². The Bertz CT molecular complexity index is 160. The molecular formula is C10H21NO. The van der Waals surface area contributed by atoms with E-state index in [1.165, 1.54) is 0 Å². The summed E-state index contributed by atoms with van der Waals surface area (Å²) in [6.07, 6.45) is 1.80. The normalized spacial score (nSPS) is 44.8. The predicted octanol–water partition coefficient (Wildman–Crippen LogP) is 1.49. The molecule has 2 heteroatoms. The molecule has 2 nitrogen and oxygen atoms in total. The minimum Gasteiger partial charge on any atom is -0.390 e. The van der Waals surface area contributed by atoms with Crippen molar-refractivity contribution in [3.05, 3.63) is 0 Å². The molecule has 1 saturated heterocycles. The number of likely N-dealkylation sites (tertiary alicyclic amines) is 1. The Hall–Kier alpha value is -0.0800. The van der Waals surface area contributed by atoms with Crippen molar-refractivity contribution in [2.24, 2.45) is 5.92 Å². The Morgan fingerprint density at radius 1 is 1.50 bits per heavy atom. The van der Waals surface area contributed by atoms with Gasteiger partial charge in [0, 0.05) is 12.6 Å². The van der Waals surface area contributed by atoms with Crippen molar-refractivity contribution < 1.29 is 5.11 Å². The molecule has 0 aromatic rings. The lowest BCUT2D eigenvalue weighted by Gasteiger charge is -2.45. The van der Waals surface area contributed by atoms with Gasteiger partial charge in [0.15, 0.2) is 0 Å². The van der Waals surface area contributed by atoms with E-state index in [9.17, 15) is 5.11 Å². The summed E-state index contributed by atoms with van der Waals surface area (Å²) in [5, 5.41) is 10.2. The van der Waals surface area contributed by atoms with E-state index < -0.39 is 5.60 Å². The first-order chi connectivity index (χ1) is 5.49. The zero-order chi connectivity index (χ0) is 9.35. The first-order valence-corrected chi connectivity index (χ1v) is 4.92. The number of hydrogen-bond donors (Lipinski definition) is 1. The highest BCUT2D eigenvalue weighted by atomic mass is 16.3. The Kier molecular flexibility index (Phi) is 2.79. The minimum atomic E-state index is -0.411. The first kappa shape index (κ1) is 10.0. The van der Waals surface area contributed by atoms with Crippen LogP contribution in [0.25, 0.3) is 0 Å². The zero-order valence-corrected chi connectivity index (χ0v) is 8.67. The van der Waals surface area contributed by atoms with Gasteiger partial charge in [-0.05, 0) is 32.7 Å². The Morgan fingerprint density at radius 3 is 2.58 bits per heavy atom. The van der Waals surface area contributed by atoms with Crippen LogP contribution in [0.4, 0.5) is 0 Å². The molecule has 0 unspecified atom stereocenters. The molecule has 1 N–H and O–H groups in total. The third-order valence-corrected chi connectivity index (χ3v) is 3.49. The summed E-state index contributed by atoms with van der Waals surface area (Å²) >= 11 is 0. The highest BCUT2D eigenvalue weighted by Crippen LogP contribution is 2.32. The standard InChI is InChI=1S/C10H21NO/c1-5-10(12)6-9(3)11(4)7-8(10)2/h8-9,12H,5-7H2,1-4H3/t8-,9+,10+/m0/s1. The lowest BCUT2D eigenvalue weighted by Crippen LogP contribution is -2.53. The van der Waals surface area contributed by atoms with E-state index in [1.54, 1.807) is 0 Å². The quantitative estimate of drug-likeness (QED) is 0.646. The molecule has 0 radical (unpaired) electrons. The average molecular weight is 171 g/mol. The van der Waals surface area contributed by atoms with Crippen LogP contribution in [0.5, 0.6) is 0 Å². The maximum atomic E-state index is 10.2. The van der Waals surface area contributed by atoms with Crippen molar-refractivity contribution >= 4 is 0 Å². The highest BCUT2D eigenvalue weighted by molar-refractivity contribution is 4.92. The van der Waals surface area contributed by atoms with Gasteiger partial charge in [0.05, 0.1) is 5.60 Å². The van der Waals surface area contributed by atoms with Crippen molar-refractivity contribution in [1.29, 1.82) is 0 Å². The number of aliphatic hydroxyl groups is 1. The molecule has 12 heavy (non-hydrogen) atoms. The Balaban J connectivity index is 2.67. The number of nitrogens with zero attached hydrogens (tertiary/aromatic N) is 1. The van der Waals surface area contributed by atoms with E-state index in [1.807, 2.05) is 0 Å². The van der Waals surface area contributed by atoms with E-state index in [2.05, 4.69) is 32.7 Å². The highest BCUT2D eigenvalue weighted by Gasteiger charge is 2.39. The molecule has 1 heterocycles. The van der Waals surface area contributed by atoms with Crippen molar-refractivity contribution in [2.75, 3.05) is 13.6 Å². The second kappa shape index (κ2) is 3.35. The van der Waals surface area contributed by atoms with Gasteiger partial charge in [-0.2, -0.15) is 0 Å². The molecule has 3 atom stereocenters. The van der Waals surface area contributed by atoms with E-state index in [0.717, 1.165) is 19.4 Å². The number of piperidine rings is 1. The molecular weight excluding hydrogens is 150 g/mol. The molecule has 1 fully saturated rings. The Labute approximate surface area is 75.6 Å². The van der Waals surface area contributed by atoms with Gasteiger partial charge in [-0.15, -0.1) is 0 Å². The molecule has 1 aliphatic heterocycles. The second-order valence-corrected chi connectivity index (χ2v) is 4.35. The third-order valence-electron chi connectivity index (χ3n) is 3.49. The van der Waals surface area contributed by atoms with Crippen LogP contribution in [0.3, 0.4) is 0 Å². The molecule has 0 saturated carbocycles. The Morgan fingerprint density at radius 2 is 2.08 bits per heavy atom. The van der Waals surface area contributed by atoms with Gasteiger partial charge in [0.2, 0.25) is 0 Å². The largest absolute Gasteiger partial charge is 0.390 e. The summed E-state index contributed by atoms with van der Waals surface area (Å²) in [4.78, 5) is 2.33. The fraction of sp³-hybridized carbons (Fsp3) is 1.00. The van der Waals surface area contributed by atoms with E-state index in [4.69, 9.17) is 0 Å². The summed E-state index contributed by atoms with van der Waals surface area (Å²) in [5.41, 5.74) is -0.411. The molecule has 0 spiro atoms. The van der Waals surface area contributed by atoms with Crippen LogP contribution in [0.15, 0.2) is 0 Å². The number of hydrogen-bond acceptors (Lipinski definition) is 2. The van der Waals surface area contributed by atoms with Gasteiger partial charge in [-0.3, -0.25) is 0 Å². The summed E-state index contributed by atoms with van der Waals surface area (Å²) < 4.78 is 0. The summed E-state index contributed by atoms with van der Waals surface area (Å²) in [6, 6.07) is 0.520. The molecule has 0 bridgehead atoms. The zero-order valence-electron chi connectivity index (χ0n) is 8.67. The fourth-order valence-corrected chi connectivity index (χ4v) is 2.14. The lowest BCUT2D eigenvalue weighted by atomic mass is 9.77. The molecule has 72 valence electrons. The maximum Gasteiger partial charge on any atom is 0.0697 e. The van der Waals surface area contributed by atoms with Gasteiger partial charge < -0.3 is 10.0 Å². The first-order valence-electron chi connectivity index (χ1n) is 4.92. The molecule has 0 aliphatic carbocycles. The summed E-state index contributed by atoms with van der Waals surface area (Å²) in [7, 11) is 2.14. The van der Waals surface area contributed by atoms with E-state index >= 15 is 0 Å². The lowest BCUT2D eigenvalue weighted by molar-refractivity contribution is -0.0806. The molecule has 0 aromatic carbocycles. The monoisotopic (exact) mass is 171 g/mol. The van der Waals surface area contributed by atoms with E-state index in [-0.39, 0.29) is 0 Å². The topological polar surface area (TPSA) is 23.5 Å². The van der Waals surface area contributed by atoms with Crippen molar-refractivity contribution in [1.82, 2.24) is 4.90 Å². The second-order valence-electron chi connectivity index (χ2n) is 4.35. The fourth-order valence-electron chi connectivity index (χ4n) is 2.14. The van der Waals surface area contributed by atoms with Gasteiger partial charge in [0.1, 0.15) is 0 Å². The van der Waals surface area contributed by atoms with Gasteiger partial charge in [-0.25, -0.2) is 0 Å². The van der Waals surface area contributed by atoms with Crippen LogP contribution in [-0.4, -0.2) is 35.2 Å². The minimum absolute atomic E-state index is 0.406.